The van der Waals surface area contributed by atoms with E-state index in [0.29, 0.717) is 5.69 Å². The lowest BCUT2D eigenvalue weighted by atomic mass is 10.2. The Balaban J connectivity index is 2.41. The average molecular weight is 443 g/mol. The standard InChI is InChI=1S/C12H9Cl2IN2O2S/c1-7-6-8(15)2-3-9(7)17-20(18,19)10-4-5-11(13)16-12(10)14/h2-6,17H,1H3. The predicted octanol–water partition coefficient (Wildman–Crippen LogP) is 4.10. The number of nitrogens with zero attached hydrogens (tertiary/aromatic N) is 1. The first-order valence-corrected chi connectivity index (χ1v) is 8.72. The van der Waals surface area contributed by atoms with Gasteiger partial charge in [0.15, 0.2) is 5.15 Å². The van der Waals surface area contributed by atoms with E-state index in [1.54, 1.807) is 6.07 Å². The fourth-order valence-corrected chi connectivity index (χ4v) is 3.98. The van der Waals surface area contributed by atoms with E-state index in [1.807, 2.05) is 19.1 Å². The number of benzene rings is 1. The molecule has 1 aromatic heterocycles. The molecule has 0 fully saturated rings. The van der Waals surface area contributed by atoms with Gasteiger partial charge in [0.25, 0.3) is 10.0 Å². The lowest BCUT2D eigenvalue weighted by molar-refractivity contribution is 0.601. The van der Waals surface area contributed by atoms with E-state index in [9.17, 15) is 8.42 Å². The number of anilines is 1. The zero-order chi connectivity index (χ0) is 14.9. The molecule has 0 saturated carbocycles. The highest BCUT2D eigenvalue weighted by Gasteiger charge is 2.20. The smallest absolute Gasteiger partial charge is 0.264 e. The summed E-state index contributed by atoms with van der Waals surface area (Å²) in [5, 5.41) is -0.0208. The van der Waals surface area contributed by atoms with Crippen molar-refractivity contribution in [3.05, 3.63) is 49.8 Å². The molecule has 1 aromatic carbocycles. The minimum Gasteiger partial charge on any atom is -0.279 e. The summed E-state index contributed by atoms with van der Waals surface area (Å²) in [4.78, 5) is 3.62. The van der Waals surface area contributed by atoms with E-state index in [0.717, 1.165) is 9.13 Å². The van der Waals surface area contributed by atoms with Crippen molar-refractivity contribution in [2.24, 2.45) is 0 Å². The second-order valence-electron chi connectivity index (χ2n) is 3.99. The van der Waals surface area contributed by atoms with Crippen LogP contribution in [-0.4, -0.2) is 13.4 Å². The van der Waals surface area contributed by atoms with Gasteiger partial charge >= 0.3 is 0 Å². The molecule has 0 spiro atoms. The lowest BCUT2D eigenvalue weighted by Gasteiger charge is -2.11. The molecular formula is C12H9Cl2IN2O2S. The quantitative estimate of drug-likeness (QED) is 0.575. The van der Waals surface area contributed by atoms with Crippen LogP contribution in [0.3, 0.4) is 0 Å². The van der Waals surface area contributed by atoms with E-state index < -0.39 is 10.0 Å². The van der Waals surface area contributed by atoms with Crippen molar-refractivity contribution in [1.29, 1.82) is 0 Å². The summed E-state index contributed by atoms with van der Waals surface area (Å²) in [6.07, 6.45) is 0. The average Bonchev–Trinajstić information content (AvgIpc) is 2.32. The first-order chi connectivity index (χ1) is 9.29. The van der Waals surface area contributed by atoms with Crippen LogP contribution in [0.4, 0.5) is 5.69 Å². The summed E-state index contributed by atoms with van der Waals surface area (Å²) >= 11 is 13.6. The molecule has 8 heteroatoms. The fraction of sp³-hybridized carbons (Fsp3) is 0.0833. The Morgan fingerprint density at radius 3 is 2.50 bits per heavy atom. The van der Waals surface area contributed by atoms with Gasteiger partial charge < -0.3 is 0 Å². The molecule has 0 unspecified atom stereocenters. The minimum atomic E-state index is -3.80. The largest absolute Gasteiger partial charge is 0.279 e. The molecule has 0 atom stereocenters. The van der Waals surface area contributed by atoms with Crippen LogP contribution in [0.1, 0.15) is 5.56 Å². The van der Waals surface area contributed by atoms with Crippen molar-refractivity contribution >= 4 is 61.5 Å². The van der Waals surface area contributed by atoms with E-state index in [1.165, 1.54) is 12.1 Å². The highest BCUT2D eigenvalue weighted by Crippen LogP contribution is 2.25. The molecule has 2 aromatic rings. The molecule has 0 aliphatic rings. The molecule has 4 nitrogen and oxygen atoms in total. The zero-order valence-corrected chi connectivity index (χ0v) is 14.7. The molecule has 0 amide bonds. The van der Waals surface area contributed by atoms with Gasteiger partial charge in [-0.3, -0.25) is 4.72 Å². The van der Waals surface area contributed by atoms with E-state index >= 15 is 0 Å². The Morgan fingerprint density at radius 2 is 1.90 bits per heavy atom. The van der Waals surface area contributed by atoms with Gasteiger partial charge in [0, 0.05) is 3.57 Å². The molecule has 0 bridgehead atoms. The molecular weight excluding hydrogens is 434 g/mol. The van der Waals surface area contributed by atoms with Crippen LogP contribution in [-0.2, 0) is 10.0 Å². The number of halogens is 3. The van der Waals surface area contributed by atoms with E-state index in [4.69, 9.17) is 23.2 Å². The zero-order valence-electron chi connectivity index (χ0n) is 10.2. The van der Waals surface area contributed by atoms with Gasteiger partial charge in [-0.05, 0) is 65.4 Å². The van der Waals surface area contributed by atoms with Gasteiger partial charge in [-0.15, -0.1) is 0 Å². The van der Waals surface area contributed by atoms with Crippen molar-refractivity contribution in [1.82, 2.24) is 4.98 Å². The predicted molar refractivity (Wildman–Crippen MR) is 89.0 cm³/mol. The molecule has 106 valence electrons. The minimum absolute atomic E-state index is 0.110. The fourth-order valence-electron chi connectivity index (χ4n) is 1.54. The van der Waals surface area contributed by atoms with E-state index in [-0.39, 0.29) is 15.2 Å². The Kier molecular flexibility index (Phi) is 4.78. The Bertz CT molecular complexity index is 766. The molecule has 20 heavy (non-hydrogen) atoms. The maximum Gasteiger partial charge on any atom is 0.264 e. The summed E-state index contributed by atoms with van der Waals surface area (Å²) in [5.74, 6) is 0. The number of sulfonamides is 1. The Hall–Kier alpha value is -0.570. The third-order valence-electron chi connectivity index (χ3n) is 2.50. The number of hydrogen-bond donors (Lipinski definition) is 1. The van der Waals surface area contributed by atoms with Crippen LogP contribution < -0.4 is 4.72 Å². The first-order valence-electron chi connectivity index (χ1n) is 5.40. The van der Waals surface area contributed by atoms with Crippen molar-refractivity contribution in [2.75, 3.05) is 4.72 Å². The maximum absolute atomic E-state index is 12.3. The van der Waals surface area contributed by atoms with Crippen molar-refractivity contribution in [2.45, 2.75) is 11.8 Å². The second kappa shape index (κ2) is 6.05. The highest BCUT2D eigenvalue weighted by molar-refractivity contribution is 14.1. The summed E-state index contributed by atoms with van der Waals surface area (Å²) < 4.78 is 28.1. The summed E-state index contributed by atoms with van der Waals surface area (Å²) in [7, 11) is -3.80. The van der Waals surface area contributed by atoms with Gasteiger partial charge in [0.1, 0.15) is 10.0 Å². The molecule has 1 N–H and O–H groups in total. The summed E-state index contributed by atoms with van der Waals surface area (Å²) in [5.41, 5.74) is 1.31. The van der Waals surface area contributed by atoms with Crippen molar-refractivity contribution < 1.29 is 8.42 Å². The monoisotopic (exact) mass is 442 g/mol. The lowest BCUT2D eigenvalue weighted by Crippen LogP contribution is -2.14. The molecule has 2 rings (SSSR count). The van der Waals surface area contributed by atoms with Crippen LogP contribution in [0.25, 0.3) is 0 Å². The van der Waals surface area contributed by atoms with Crippen LogP contribution in [0.5, 0.6) is 0 Å². The van der Waals surface area contributed by atoms with Crippen LogP contribution in [0.15, 0.2) is 35.2 Å². The van der Waals surface area contributed by atoms with Gasteiger partial charge in [0.05, 0.1) is 5.69 Å². The topological polar surface area (TPSA) is 59.1 Å². The number of rotatable bonds is 3. The number of pyridine rings is 1. The number of hydrogen-bond acceptors (Lipinski definition) is 3. The number of aryl methyl sites for hydroxylation is 1. The highest BCUT2D eigenvalue weighted by atomic mass is 127. The molecule has 1 heterocycles. The van der Waals surface area contributed by atoms with Crippen molar-refractivity contribution in [3.8, 4) is 0 Å². The Labute approximate surface area is 140 Å². The van der Waals surface area contributed by atoms with E-state index in [2.05, 4.69) is 32.3 Å². The van der Waals surface area contributed by atoms with Gasteiger partial charge in [-0.2, -0.15) is 0 Å². The summed E-state index contributed by atoms with van der Waals surface area (Å²) in [6.45, 7) is 1.82. The van der Waals surface area contributed by atoms with Gasteiger partial charge in [-0.25, -0.2) is 13.4 Å². The van der Waals surface area contributed by atoms with Crippen LogP contribution in [0.2, 0.25) is 10.3 Å². The normalized spacial score (nSPS) is 11.4. The summed E-state index contributed by atoms with van der Waals surface area (Å²) in [6, 6.07) is 8.09. The third kappa shape index (κ3) is 3.55. The molecule has 0 aliphatic heterocycles. The molecule has 0 radical (unpaired) electrons. The van der Waals surface area contributed by atoms with Gasteiger partial charge in [-0.1, -0.05) is 23.2 Å². The third-order valence-corrected chi connectivity index (χ3v) is 5.18. The first kappa shape index (κ1) is 15.8. The maximum atomic E-state index is 12.3. The molecule has 0 aliphatic carbocycles. The van der Waals surface area contributed by atoms with Gasteiger partial charge in [0.2, 0.25) is 0 Å². The number of aromatic nitrogens is 1. The van der Waals surface area contributed by atoms with Crippen molar-refractivity contribution in [3.63, 3.8) is 0 Å². The molecule has 0 saturated heterocycles. The number of nitrogens with one attached hydrogen (secondary N) is 1. The van der Waals surface area contributed by atoms with Crippen LogP contribution in [0, 0.1) is 10.5 Å². The van der Waals surface area contributed by atoms with Crippen LogP contribution >= 0.6 is 45.8 Å². The Morgan fingerprint density at radius 1 is 1.20 bits per heavy atom. The SMILES string of the molecule is Cc1cc(I)ccc1NS(=O)(=O)c1ccc(Cl)nc1Cl. The second-order valence-corrected chi connectivity index (χ2v) is 7.63.